The van der Waals surface area contributed by atoms with Crippen molar-refractivity contribution >= 4 is 16.8 Å². The fourth-order valence-corrected chi connectivity index (χ4v) is 2.28. The Balaban J connectivity index is 1.69. The van der Waals surface area contributed by atoms with Crippen molar-refractivity contribution in [3.05, 3.63) is 30.0 Å². The Morgan fingerprint density at radius 2 is 2.29 bits per heavy atom. The second-order valence-electron chi connectivity index (χ2n) is 5.78. The number of carbonyl (C=O) groups is 1. The smallest absolute Gasteiger partial charge is 0.226 e. The largest absolute Gasteiger partial charge is 0.481 e. The molecule has 1 aromatic carbocycles. The lowest BCUT2D eigenvalue weighted by atomic mass is 10.1. The van der Waals surface area contributed by atoms with E-state index in [1.165, 1.54) is 0 Å². The molecule has 1 heterocycles. The molecule has 0 radical (unpaired) electrons. The zero-order chi connectivity index (χ0) is 14.9. The predicted molar refractivity (Wildman–Crippen MR) is 81.8 cm³/mol. The zero-order valence-electron chi connectivity index (χ0n) is 12.0. The quantitative estimate of drug-likeness (QED) is 0.828. The van der Waals surface area contributed by atoms with Gasteiger partial charge in [-0.25, -0.2) is 0 Å². The van der Waals surface area contributed by atoms with Gasteiger partial charge in [0.1, 0.15) is 12.4 Å². The Hall–Kier alpha value is -2.41. The van der Waals surface area contributed by atoms with Crippen LogP contribution < -0.4 is 10.1 Å². The molecule has 0 aliphatic heterocycles. The SMILES string of the molecule is C#CCOc1ccc2cc(CNC(=O)C3(C)CC3)[nH]c2c1. The number of carbonyl (C=O) groups excluding carboxylic acids is 1. The molecule has 1 fully saturated rings. The van der Waals surface area contributed by atoms with Crippen LogP contribution in [0.15, 0.2) is 24.3 Å². The van der Waals surface area contributed by atoms with Crippen molar-refractivity contribution in [2.24, 2.45) is 5.41 Å². The number of hydrogen-bond acceptors (Lipinski definition) is 2. The highest BCUT2D eigenvalue weighted by Gasteiger charge is 2.44. The number of benzene rings is 1. The molecule has 3 rings (SSSR count). The Morgan fingerprint density at radius 1 is 1.48 bits per heavy atom. The second kappa shape index (κ2) is 5.17. The summed E-state index contributed by atoms with van der Waals surface area (Å²) in [5, 5.41) is 4.07. The molecule has 1 amide bonds. The number of H-pyrrole nitrogens is 1. The number of aromatic amines is 1. The summed E-state index contributed by atoms with van der Waals surface area (Å²) in [5.41, 5.74) is 1.82. The van der Waals surface area contributed by atoms with Crippen LogP contribution in [0.4, 0.5) is 0 Å². The van der Waals surface area contributed by atoms with Gasteiger partial charge >= 0.3 is 0 Å². The van der Waals surface area contributed by atoms with Crippen LogP contribution >= 0.6 is 0 Å². The molecule has 2 N–H and O–H groups in total. The average Bonchev–Trinajstić information content (AvgIpc) is 3.10. The lowest BCUT2D eigenvalue weighted by Crippen LogP contribution is -2.29. The summed E-state index contributed by atoms with van der Waals surface area (Å²) in [4.78, 5) is 15.2. The van der Waals surface area contributed by atoms with Gasteiger partial charge < -0.3 is 15.0 Å². The minimum Gasteiger partial charge on any atom is -0.481 e. The number of ether oxygens (including phenoxy) is 1. The molecule has 1 saturated carbocycles. The van der Waals surface area contributed by atoms with Crippen molar-refractivity contribution in [3.63, 3.8) is 0 Å². The summed E-state index contributed by atoms with van der Waals surface area (Å²) < 4.78 is 5.40. The van der Waals surface area contributed by atoms with Gasteiger partial charge in [0.05, 0.1) is 6.54 Å². The van der Waals surface area contributed by atoms with Gasteiger partial charge in [-0.15, -0.1) is 6.42 Å². The summed E-state index contributed by atoms with van der Waals surface area (Å²) in [6.45, 7) is 2.78. The first kappa shape index (κ1) is 13.6. The van der Waals surface area contributed by atoms with Crippen LogP contribution in [0.25, 0.3) is 10.9 Å². The number of terminal acetylenes is 1. The molecule has 0 spiro atoms. The van der Waals surface area contributed by atoms with E-state index in [9.17, 15) is 4.79 Å². The van der Waals surface area contributed by atoms with E-state index in [0.29, 0.717) is 6.54 Å². The molecule has 1 aliphatic carbocycles. The van der Waals surface area contributed by atoms with Crippen LogP contribution in [0.5, 0.6) is 5.75 Å². The van der Waals surface area contributed by atoms with E-state index in [0.717, 1.165) is 35.2 Å². The van der Waals surface area contributed by atoms with E-state index >= 15 is 0 Å². The van der Waals surface area contributed by atoms with Crippen LogP contribution in [0.3, 0.4) is 0 Å². The maximum Gasteiger partial charge on any atom is 0.226 e. The van der Waals surface area contributed by atoms with Gasteiger partial charge in [-0.05, 0) is 36.4 Å². The van der Waals surface area contributed by atoms with E-state index in [4.69, 9.17) is 11.2 Å². The van der Waals surface area contributed by atoms with Crippen LogP contribution in [-0.2, 0) is 11.3 Å². The second-order valence-corrected chi connectivity index (χ2v) is 5.78. The molecule has 0 saturated heterocycles. The summed E-state index contributed by atoms with van der Waals surface area (Å²) in [6.07, 6.45) is 7.15. The minimum atomic E-state index is -0.137. The van der Waals surface area contributed by atoms with Crippen molar-refractivity contribution in [2.45, 2.75) is 26.3 Å². The molecule has 2 aromatic rings. The Morgan fingerprint density at radius 3 is 3.00 bits per heavy atom. The number of nitrogens with one attached hydrogen (secondary N) is 2. The zero-order valence-corrected chi connectivity index (χ0v) is 12.0. The predicted octanol–water partition coefficient (Wildman–Crippen LogP) is 2.60. The molecule has 1 aromatic heterocycles. The molecule has 0 unspecified atom stereocenters. The topological polar surface area (TPSA) is 54.1 Å². The Bertz CT molecular complexity index is 720. The summed E-state index contributed by atoms with van der Waals surface area (Å²) in [7, 11) is 0. The van der Waals surface area contributed by atoms with Crippen molar-refractivity contribution in [2.75, 3.05) is 6.61 Å². The first-order valence-electron chi connectivity index (χ1n) is 7.07. The van der Waals surface area contributed by atoms with E-state index in [1.54, 1.807) is 0 Å². The molecule has 108 valence electrons. The highest BCUT2D eigenvalue weighted by molar-refractivity contribution is 5.85. The molecule has 21 heavy (non-hydrogen) atoms. The van der Waals surface area contributed by atoms with Crippen molar-refractivity contribution in [3.8, 4) is 18.1 Å². The van der Waals surface area contributed by atoms with Crippen LogP contribution in [0.2, 0.25) is 0 Å². The number of aromatic nitrogens is 1. The third-order valence-electron chi connectivity index (χ3n) is 3.96. The average molecular weight is 282 g/mol. The van der Waals surface area contributed by atoms with Gasteiger partial charge in [0.15, 0.2) is 0 Å². The molecule has 4 heteroatoms. The monoisotopic (exact) mass is 282 g/mol. The van der Waals surface area contributed by atoms with E-state index in [2.05, 4.69) is 16.2 Å². The molecule has 0 bridgehead atoms. The maximum atomic E-state index is 11.9. The van der Waals surface area contributed by atoms with Gasteiger partial charge in [-0.2, -0.15) is 0 Å². The lowest BCUT2D eigenvalue weighted by molar-refractivity contribution is -0.125. The third-order valence-corrected chi connectivity index (χ3v) is 3.96. The number of amides is 1. The standard InChI is InChI=1S/C17H18N2O2/c1-3-8-21-14-5-4-12-9-13(19-15(12)10-14)11-18-16(20)17(2)6-7-17/h1,4-5,9-10,19H,6-8,11H2,2H3,(H,18,20). The summed E-state index contributed by atoms with van der Waals surface area (Å²) in [6, 6.07) is 7.82. The molecule has 0 atom stereocenters. The fourth-order valence-electron chi connectivity index (χ4n) is 2.28. The minimum absolute atomic E-state index is 0.137. The fraction of sp³-hybridized carbons (Fsp3) is 0.353. The van der Waals surface area contributed by atoms with Gasteiger partial charge in [-0.1, -0.05) is 12.8 Å². The van der Waals surface area contributed by atoms with Crippen molar-refractivity contribution < 1.29 is 9.53 Å². The Labute approximate surface area is 123 Å². The van der Waals surface area contributed by atoms with E-state index in [-0.39, 0.29) is 17.9 Å². The van der Waals surface area contributed by atoms with E-state index in [1.807, 2.05) is 31.2 Å². The summed E-state index contributed by atoms with van der Waals surface area (Å²) >= 11 is 0. The third kappa shape index (κ3) is 2.87. The number of hydrogen-bond donors (Lipinski definition) is 2. The summed E-state index contributed by atoms with van der Waals surface area (Å²) in [5.74, 6) is 3.32. The number of fused-ring (bicyclic) bond motifs is 1. The highest BCUT2D eigenvalue weighted by atomic mass is 16.5. The first-order chi connectivity index (χ1) is 10.1. The van der Waals surface area contributed by atoms with Crippen molar-refractivity contribution in [1.82, 2.24) is 10.3 Å². The van der Waals surface area contributed by atoms with Crippen molar-refractivity contribution in [1.29, 1.82) is 0 Å². The van der Waals surface area contributed by atoms with E-state index < -0.39 is 0 Å². The highest BCUT2D eigenvalue weighted by Crippen LogP contribution is 2.45. The first-order valence-corrected chi connectivity index (χ1v) is 7.07. The normalized spacial score (nSPS) is 15.4. The molecule has 4 nitrogen and oxygen atoms in total. The number of rotatable bonds is 5. The lowest BCUT2D eigenvalue weighted by Gasteiger charge is -2.08. The molecular formula is C17H18N2O2. The maximum absolute atomic E-state index is 11.9. The van der Waals surface area contributed by atoms with Crippen LogP contribution in [0.1, 0.15) is 25.5 Å². The van der Waals surface area contributed by atoms with Gasteiger partial charge in [0, 0.05) is 22.7 Å². The molecule has 1 aliphatic rings. The van der Waals surface area contributed by atoms with Gasteiger partial charge in [0.25, 0.3) is 0 Å². The van der Waals surface area contributed by atoms with Crippen LogP contribution in [0, 0.1) is 17.8 Å². The molecular weight excluding hydrogens is 264 g/mol. The Kier molecular flexibility index (Phi) is 3.34. The van der Waals surface area contributed by atoms with Gasteiger partial charge in [0.2, 0.25) is 5.91 Å². The van der Waals surface area contributed by atoms with Gasteiger partial charge in [-0.3, -0.25) is 4.79 Å². The van der Waals surface area contributed by atoms with Crippen LogP contribution in [-0.4, -0.2) is 17.5 Å².